The smallest absolute Gasteiger partial charge is 0.150 e. The lowest BCUT2D eigenvalue weighted by Gasteiger charge is -2.08. The molecule has 4 heteroatoms. The van der Waals surface area contributed by atoms with E-state index in [9.17, 15) is 4.79 Å². The van der Waals surface area contributed by atoms with Crippen LogP contribution >= 0.6 is 11.3 Å². The van der Waals surface area contributed by atoms with Crippen molar-refractivity contribution >= 4 is 28.0 Å². The number of pyridine rings is 1. The van der Waals surface area contributed by atoms with Crippen molar-refractivity contribution in [3.8, 4) is 10.6 Å². The van der Waals surface area contributed by atoms with E-state index in [-0.39, 0.29) is 0 Å². The molecule has 0 spiro atoms. The van der Waals surface area contributed by atoms with Crippen LogP contribution in [0.15, 0.2) is 36.5 Å². The minimum absolute atomic E-state index is 0.520. The summed E-state index contributed by atoms with van der Waals surface area (Å²) in [6.45, 7) is 0. The first kappa shape index (κ1) is 11.7. The average molecular weight is 280 g/mol. The van der Waals surface area contributed by atoms with E-state index in [1.807, 2.05) is 24.3 Å². The Labute approximate surface area is 120 Å². The van der Waals surface area contributed by atoms with Crippen molar-refractivity contribution in [3.63, 3.8) is 0 Å². The molecule has 0 unspecified atom stereocenters. The zero-order valence-electron chi connectivity index (χ0n) is 10.7. The van der Waals surface area contributed by atoms with Crippen LogP contribution in [0.1, 0.15) is 34.7 Å². The number of carbonyl (C=O) groups is 1. The van der Waals surface area contributed by atoms with Gasteiger partial charge in [-0.2, -0.15) is 0 Å². The molecule has 98 valence electrons. The first-order valence-corrected chi connectivity index (χ1v) is 7.48. The number of nitrogens with zero attached hydrogens (tertiary/aromatic N) is 2. The number of thiazole rings is 1. The zero-order chi connectivity index (χ0) is 13.5. The highest BCUT2D eigenvalue weighted by molar-refractivity contribution is 7.21. The van der Waals surface area contributed by atoms with Crippen molar-refractivity contribution in [2.45, 2.75) is 18.8 Å². The predicted octanol–water partition coefficient (Wildman–Crippen LogP) is 4.05. The van der Waals surface area contributed by atoms with E-state index in [1.165, 1.54) is 18.4 Å². The molecule has 1 aliphatic rings. The Balaban J connectivity index is 1.95. The Morgan fingerprint density at radius 1 is 1.20 bits per heavy atom. The molecule has 3 aromatic rings. The Kier molecular flexibility index (Phi) is 2.63. The fraction of sp³-hybridized carbons (Fsp3) is 0.188. The van der Waals surface area contributed by atoms with Crippen molar-refractivity contribution in [1.82, 2.24) is 9.97 Å². The van der Waals surface area contributed by atoms with E-state index in [0.717, 1.165) is 32.8 Å². The highest BCUT2D eigenvalue weighted by Crippen LogP contribution is 2.46. The van der Waals surface area contributed by atoms with Gasteiger partial charge in [0.1, 0.15) is 21.6 Å². The lowest BCUT2D eigenvalue weighted by Crippen LogP contribution is -1.94. The normalized spacial score (nSPS) is 14.6. The second-order valence-corrected chi connectivity index (χ2v) is 6.02. The van der Waals surface area contributed by atoms with Crippen LogP contribution in [0.4, 0.5) is 0 Å². The predicted molar refractivity (Wildman–Crippen MR) is 80.2 cm³/mol. The van der Waals surface area contributed by atoms with Crippen molar-refractivity contribution < 1.29 is 4.79 Å². The van der Waals surface area contributed by atoms with Crippen LogP contribution in [0.25, 0.3) is 20.9 Å². The first-order chi connectivity index (χ1) is 9.86. The molecule has 0 N–H and O–H groups in total. The van der Waals surface area contributed by atoms with Gasteiger partial charge in [0.2, 0.25) is 0 Å². The molecular weight excluding hydrogens is 268 g/mol. The average Bonchev–Trinajstić information content (AvgIpc) is 3.24. The Bertz CT molecular complexity index is 772. The Hall–Kier alpha value is -2.07. The molecule has 0 atom stereocenters. The minimum atomic E-state index is 0.520. The second kappa shape index (κ2) is 4.49. The van der Waals surface area contributed by atoms with Gasteiger partial charge < -0.3 is 0 Å². The summed E-state index contributed by atoms with van der Waals surface area (Å²) < 4.78 is 0. The molecule has 0 aliphatic heterocycles. The summed E-state index contributed by atoms with van der Waals surface area (Å²) in [6, 6.07) is 9.77. The highest BCUT2D eigenvalue weighted by atomic mass is 32.1. The molecule has 0 amide bonds. The summed E-state index contributed by atoms with van der Waals surface area (Å²) in [5.74, 6) is 0.520. The molecular formula is C16H12N2OS. The van der Waals surface area contributed by atoms with Gasteiger partial charge in [-0.3, -0.25) is 4.79 Å². The number of hydrogen-bond acceptors (Lipinski definition) is 4. The maximum Gasteiger partial charge on any atom is 0.150 e. The molecule has 1 saturated carbocycles. The number of aromatic nitrogens is 2. The molecule has 20 heavy (non-hydrogen) atoms. The number of fused-ring (bicyclic) bond motifs is 1. The van der Waals surface area contributed by atoms with E-state index < -0.39 is 0 Å². The molecule has 2 heterocycles. The first-order valence-electron chi connectivity index (χ1n) is 6.67. The SMILES string of the molecule is O=Cc1cccc(-c2nc3cccnc3s2)c1C1CC1. The number of hydrogen-bond donors (Lipinski definition) is 0. The van der Waals surface area contributed by atoms with Gasteiger partial charge in [-0.1, -0.05) is 29.5 Å². The van der Waals surface area contributed by atoms with Gasteiger partial charge in [0.15, 0.2) is 0 Å². The quantitative estimate of drug-likeness (QED) is 0.680. The van der Waals surface area contributed by atoms with Gasteiger partial charge in [-0.25, -0.2) is 9.97 Å². The third kappa shape index (κ3) is 1.84. The summed E-state index contributed by atoms with van der Waals surface area (Å²) in [4.78, 5) is 21.2. The van der Waals surface area contributed by atoms with Gasteiger partial charge in [-0.15, -0.1) is 0 Å². The maximum absolute atomic E-state index is 11.3. The van der Waals surface area contributed by atoms with Crippen molar-refractivity contribution in [3.05, 3.63) is 47.7 Å². The van der Waals surface area contributed by atoms with E-state index in [1.54, 1.807) is 17.5 Å². The van der Waals surface area contributed by atoms with Crippen LogP contribution in [-0.4, -0.2) is 16.3 Å². The van der Waals surface area contributed by atoms with Gasteiger partial charge in [0.25, 0.3) is 0 Å². The summed E-state index contributed by atoms with van der Waals surface area (Å²) in [5, 5.41) is 0.962. The monoisotopic (exact) mass is 280 g/mol. The van der Waals surface area contributed by atoms with Crippen LogP contribution in [0, 0.1) is 0 Å². The van der Waals surface area contributed by atoms with Crippen LogP contribution in [0.2, 0.25) is 0 Å². The van der Waals surface area contributed by atoms with Gasteiger partial charge in [0, 0.05) is 17.3 Å². The minimum Gasteiger partial charge on any atom is -0.298 e. The molecule has 1 aliphatic carbocycles. The summed E-state index contributed by atoms with van der Waals surface area (Å²) >= 11 is 1.59. The third-order valence-electron chi connectivity index (χ3n) is 3.65. The fourth-order valence-electron chi connectivity index (χ4n) is 2.59. The van der Waals surface area contributed by atoms with Crippen molar-refractivity contribution in [2.75, 3.05) is 0 Å². The lowest BCUT2D eigenvalue weighted by atomic mass is 9.98. The standard InChI is InChI=1S/C16H12N2OS/c19-9-11-3-1-4-12(14(11)10-6-7-10)15-18-13-5-2-8-17-16(13)20-15/h1-5,8-10H,6-7H2. The van der Waals surface area contributed by atoms with Gasteiger partial charge >= 0.3 is 0 Å². The van der Waals surface area contributed by atoms with Crippen molar-refractivity contribution in [1.29, 1.82) is 0 Å². The molecule has 0 radical (unpaired) electrons. The molecule has 1 fully saturated rings. The van der Waals surface area contributed by atoms with Crippen molar-refractivity contribution in [2.24, 2.45) is 0 Å². The summed E-state index contributed by atoms with van der Waals surface area (Å²) in [5.41, 5.74) is 3.99. The zero-order valence-corrected chi connectivity index (χ0v) is 11.6. The number of carbonyl (C=O) groups excluding carboxylic acids is 1. The number of rotatable bonds is 3. The van der Waals surface area contributed by atoms with Gasteiger partial charge in [-0.05, 0) is 36.5 Å². The maximum atomic E-state index is 11.3. The third-order valence-corrected chi connectivity index (χ3v) is 4.66. The van der Waals surface area contributed by atoms with E-state index in [2.05, 4.69) is 16.0 Å². The topological polar surface area (TPSA) is 42.9 Å². The molecule has 0 saturated heterocycles. The Morgan fingerprint density at radius 3 is 2.85 bits per heavy atom. The molecule has 3 nitrogen and oxygen atoms in total. The lowest BCUT2D eigenvalue weighted by molar-refractivity contribution is 0.112. The summed E-state index contributed by atoms with van der Waals surface area (Å²) in [7, 11) is 0. The van der Waals surface area contributed by atoms with E-state index in [0.29, 0.717) is 5.92 Å². The van der Waals surface area contributed by atoms with Crippen LogP contribution in [0.5, 0.6) is 0 Å². The number of aldehydes is 1. The van der Waals surface area contributed by atoms with Gasteiger partial charge in [0.05, 0.1) is 0 Å². The molecule has 0 bridgehead atoms. The fourth-order valence-corrected chi connectivity index (χ4v) is 3.53. The van der Waals surface area contributed by atoms with E-state index in [4.69, 9.17) is 0 Å². The van der Waals surface area contributed by atoms with E-state index >= 15 is 0 Å². The van der Waals surface area contributed by atoms with Crippen LogP contribution in [0.3, 0.4) is 0 Å². The molecule has 4 rings (SSSR count). The van der Waals surface area contributed by atoms with Crippen LogP contribution in [-0.2, 0) is 0 Å². The molecule has 1 aromatic carbocycles. The number of benzene rings is 1. The van der Waals surface area contributed by atoms with Crippen LogP contribution < -0.4 is 0 Å². The molecule has 2 aromatic heterocycles. The summed E-state index contributed by atoms with van der Waals surface area (Å²) in [6.07, 6.45) is 5.08. The second-order valence-electron chi connectivity index (χ2n) is 5.05. The Morgan fingerprint density at radius 2 is 2.10 bits per heavy atom. The highest BCUT2D eigenvalue weighted by Gasteiger charge is 2.29. The largest absolute Gasteiger partial charge is 0.298 e.